The van der Waals surface area contributed by atoms with Crippen molar-refractivity contribution in [1.82, 2.24) is 0 Å². The van der Waals surface area contributed by atoms with E-state index in [2.05, 4.69) is 6.92 Å². The zero-order valence-electron chi connectivity index (χ0n) is 31.6. The van der Waals surface area contributed by atoms with Gasteiger partial charge in [0, 0.05) is 18.6 Å². The molecule has 0 aliphatic carbocycles. The molecular weight excluding hydrogens is 702 g/mol. The molecule has 0 aliphatic heterocycles. The number of unbranched alkanes of at least 4 members (excludes halogenated alkanes) is 2. The Morgan fingerprint density at radius 3 is 1.08 bits per heavy atom. The summed E-state index contributed by atoms with van der Waals surface area (Å²) in [6.45, 7) is 12.9. The van der Waals surface area contributed by atoms with Gasteiger partial charge in [0.2, 0.25) is 0 Å². The van der Waals surface area contributed by atoms with Gasteiger partial charge < -0.3 is 61.6 Å². The highest BCUT2D eigenvalue weighted by Crippen LogP contribution is 2.17. The first-order valence-electron chi connectivity index (χ1n) is 18.5. The van der Waals surface area contributed by atoms with Crippen molar-refractivity contribution in [1.29, 1.82) is 0 Å². The summed E-state index contributed by atoms with van der Waals surface area (Å²) in [5, 5.41) is 10.6. The van der Waals surface area contributed by atoms with Gasteiger partial charge in [-0.3, -0.25) is 14.9 Å². The third kappa shape index (κ3) is 34.9. The van der Waals surface area contributed by atoms with E-state index < -0.39 is 4.92 Å². The van der Waals surface area contributed by atoms with Crippen LogP contribution in [0, 0.1) is 10.1 Å². The van der Waals surface area contributed by atoms with Crippen LogP contribution in [-0.2, 0) is 61.6 Å². The minimum atomic E-state index is -0.454. The minimum Gasteiger partial charge on any atom is -0.491 e. The molecule has 0 spiro atoms. The van der Waals surface area contributed by atoms with Crippen molar-refractivity contribution in [3.8, 4) is 5.75 Å². The summed E-state index contributed by atoms with van der Waals surface area (Å²) in [7, 11) is 0. The Kier molecular flexibility index (Phi) is 35.8. The SMILES string of the molecule is CCCCCC(=O)OCCOCCOCCOCCOCCOCCOCCOCCOCCOCCOCCOCCOc1ccc([N+](=O)[O-])cc1. The van der Waals surface area contributed by atoms with E-state index in [0.717, 1.165) is 19.3 Å². The van der Waals surface area contributed by atoms with Gasteiger partial charge >= 0.3 is 5.97 Å². The number of nitro benzene ring substituents is 1. The quantitative estimate of drug-likeness (QED) is 0.0409. The third-order valence-corrected chi connectivity index (χ3v) is 6.74. The lowest BCUT2D eigenvalue weighted by atomic mass is 10.2. The minimum absolute atomic E-state index is 0.0224. The standard InChI is InChI=1S/C36H63NO16/c1-2-3-4-5-36(38)53-33-31-51-29-27-49-25-23-47-21-19-45-17-15-43-13-11-41-10-12-42-14-16-44-18-20-46-22-24-48-26-28-50-30-32-52-35-8-6-34(7-9-35)37(39)40/h6-9H,2-5,10-33H2,1H3. The first-order chi connectivity index (χ1) is 26.1. The van der Waals surface area contributed by atoms with E-state index in [1.165, 1.54) is 12.1 Å². The van der Waals surface area contributed by atoms with Crippen molar-refractivity contribution < 1.29 is 71.3 Å². The summed E-state index contributed by atoms with van der Waals surface area (Å²) >= 11 is 0. The third-order valence-electron chi connectivity index (χ3n) is 6.74. The first-order valence-corrected chi connectivity index (χ1v) is 18.5. The van der Waals surface area contributed by atoms with Crippen LogP contribution in [0.5, 0.6) is 5.75 Å². The number of hydrogen-bond donors (Lipinski definition) is 0. The maximum atomic E-state index is 11.5. The molecule has 0 saturated carbocycles. The molecular formula is C36H63NO16. The summed E-state index contributed by atoms with van der Waals surface area (Å²) in [5.74, 6) is 0.386. The lowest BCUT2D eigenvalue weighted by Crippen LogP contribution is -2.16. The Labute approximate surface area is 314 Å². The highest BCUT2D eigenvalue weighted by Gasteiger charge is 2.05. The van der Waals surface area contributed by atoms with Crippen LogP contribution in [0.15, 0.2) is 24.3 Å². The number of esters is 1. The second-order valence-electron chi connectivity index (χ2n) is 11.0. The van der Waals surface area contributed by atoms with E-state index in [9.17, 15) is 14.9 Å². The Morgan fingerprint density at radius 1 is 0.472 bits per heavy atom. The van der Waals surface area contributed by atoms with Crippen LogP contribution in [0.2, 0.25) is 0 Å². The molecule has 0 atom stereocenters. The summed E-state index contributed by atoms with van der Waals surface area (Å²) in [4.78, 5) is 21.7. The molecule has 1 aromatic carbocycles. The molecule has 1 aromatic rings. The van der Waals surface area contributed by atoms with Crippen molar-refractivity contribution in [3.63, 3.8) is 0 Å². The molecule has 0 bridgehead atoms. The van der Waals surface area contributed by atoms with Gasteiger partial charge in [0.1, 0.15) is 19.0 Å². The van der Waals surface area contributed by atoms with E-state index in [0.29, 0.717) is 164 Å². The van der Waals surface area contributed by atoms with Crippen LogP contribution in [0.1, 0.15) is 32.6 Å². The van der Waals surface area contributed by atoms with E-state index in [4.69, 9.17) is 61.6 Å². The average Bonchev–Trinajstić information content (AvgIpc) is 3.16. The monoisotopic (exact) mass is 765 g/mol. The van der Waals surface area contributed by atoms with Crippen molar-refractivity contribution in [2.45, 2.75) is 32.6 Å². The van der Waals surface area contributed by atoms with Gasteiger partial charge in [-0.1, -0.05) is 19.8 Å². The van der Waals surface area contributed by atoms with Gasteiger partial charge in [-0.05, 0) is 18.6 Å². The number of nitrogens with zero attached hydrogens (tertiary/aromatic N) is 1. The summed E-state index contributed by atoms with van der Waals surface area (Å²) in [6.07, 6.45) is 3.47. The lowest BCUT2D eigenvalue weighted by Gasteiger charge is -2.09. The summed E-state index contributed by atoms with van der Waals surface area (Å²) in [5.41, 5.74) is 0.0224. The molecule has 0 unspecified atom stereocenters. The predicted octanol–water partition coefficient (Wildman–Crippen LogP) is 3.28. The molecule has 0 N–H and O–H groups in total. The largest absolute Gasteiger partial charge is 0.491 e. The normalized spacial score (nSPS) is 11.3. The van der Waals surface area contributed by atoms with E-state index >= 15 is 0 Å². The molecule has 308 valence electrons. The Bertz CT molecular complexity index is 943. The van der Waals surface area contributed by atoms with Gasteiger partial charge in [-0.2, -0.15) is 0 Å². The highest BCUT2D eigenvalue weighted by atomic mass is 16.6. The molecule has 17 heteroatoms. The number of carbonyl (C=O) groups is 1. The Hall–Kier alpha value is -2.55. The van der Waals surface area contributed by atoms with Gasteiger partial charge in [0.25, 0.3) is 5.69 Å². The zero-order valence-corrected chi connectivity index (χ0v) is 31.6. The van der Waals surface area contributed by atoms with E-state index in [1.807, 2.05) is 0 Å². The smallest absolute Gasteiger partial charge is 0.305 e. The molecule has 53 heavy (non-hydrogen) atoms. The molecule has 0 saturated heterocycles. The fourth-order valence-electron chi connectivity index (χ4n) is 3.99. The second-order valence-corrected chi connectivity index (χ2v) is 11.0. The molecule has 17 nitrogen and oxygen atoms in total. The average molecular weight is 766 g/mol. The van der Waals surface area contributed by atoms with Crippen LogP contribution in [0.3, 0.4) is 0 Å². The van der Waals surface area contributed by atoms with Crippen molar-refractivity contribution in [2.24, 2.45) is 0 Å². The Balaban J connectivity index is 1.64. The lowest BCUT2D eigenvalue weighted by molar-refractivity contribution is -0.384. The van der Waals surface area contributed by atoms with Crippen LogP contribution < -0.4 is 4.74 Å². The van der Waals surface area contributed by atoms with Crippen LogP contribution >= 0.6 is 0 Å². The van der Waals surface area contributed by atoms with Crippen LogP contribution in [0.4, 0.5) is 5.69 Å². The number of hydrogen-bond acceptors (Lipinski definition) is 16. The zero-order chi connectivity index (χ0) is 38.1. The molecule has 0 radical (unpaired) electrons. The van der Waals surface area contributed by atoms with Gasteiger partial charge in [-0.15, -0.1) is 0 Å². The van der Waals surface area contributed by atoms with Crippen LogP contribution in [-0.4, -0.2) is 169 Å². The summed E-state index contributed by atoms with van der Waals surface area (Å²) < 4.78 is 70.6. The number of rotatable bonds is 42. The van der Waals surface area contributed by atoms with E-state index in [1.54, 1.807) is 12.1 Å². The van der Waals surface area contributed by atoms with Crippen molar-refractivity contribution >= 4 is 11.7 Å². The van der Waals surface area contributed by atoms with Gasteiger partial charge in [-0.25, -0.2) is 0 Å². The number of ether oxygens (including phenoxy) is 13. The fraction of sp³-hybridized carbons (Fsp3) is 0.806. The molecule has 0 fully saturated rings. The maximum Gasteiger partial charge on any atom is 0.305 e. The number of carbonyl (C=O) groups excluding carboxylic acids is 1. The predicted molar refractivity (Wildman–Crippen MR) is 193 cm³/mol. The highest BCUT2D eigenvalue weighted by molar-refractivity contribution is 5.69. The van der Waals surface area contributed by atoms with Crippen molar-refractivity contribution in [2.75, 3.05) is 159 Å². The number of non-ortho nitro benzene ring substituents is 1. The van der Waals surface area contributed by atoms with Crippen LogP contribution in [0.25, 0.3) is 0 Å². The second kappa shape index (κ2) is 39.2. The van der Waals surface area contributed by atoms with Crippen molar-refractivity contribution in [3.05, 3.63) is 34.4 Å². The van der Waals surface area contributed by atoms with Gasteiger partial charge in [0.15, 0.2) is 0 Å². The topological polar surface area (TPSA) is 180 Å². The molecule has 0 heterocycles. The number of benzene rings is 1. The number of nitro groups is 1. The molecule has 0 aromatic heterocycles. The first kappa shape index (κ1) is 48.5. The molecule has 0 amide bonds. The fourth-order valence-corrected chi connectivity index (χ4v) is 3.99. The van der Waals surface area contributed by atoms with Gasteiger partial charge in [0.05, 0.1) is 150 Å². The molecule has 0 aliphatic rings. The van der Waals surface area contributed by atoms with E-state index in [-0.39, 0.29) is 18.3 Å². The Morgan fingerprint density at radius 2 is 0.774 bits per heavy atom. The molecule has 1 rings (SSSR count). The maximum absolute atomic E-state index is 11.5. The summed E-state index contributed by atoms with van der Waals surface area (Å²) in [6, 6.07) is 5.90.